The highest BCUT2D eigenvalue weighted by molar-refractivity contribution is 7.81. The largest absolute Gasteiger partial charge is 0.480 e. The number of carbonyl (C=O) groups is 3. The predicted octanol–water partition coefficient (Wildman–Crippen LogP) is -0.884. The van der Waals surface area contributed by atoms with Gasteiger partial charge in [0, 0.05) is 13.3 Å². The first-order chi connectivity index (χ1) is 11.1. The molecule has 0 unspecified atom stereocenters. The molecular formula is C13H16N2O8S. The number of carbonyl (C=O) groups excluding carboxylic acids is 2. The summed E-state index contributed by atoms with van der Waals surface area (Å²) in [6.07, 6.45) is 0.0389. The Morgan fingerprint density at radius 3 is 2.25 bits per heavy atom. The summed E-state index contributed by atoms with van der Waals surface area (Å²) in [6, 6.07) is 4.36. The Kier molecular flexibility index (Phi) is 6.68. The Morgan fingerprint density at radius 2 is 1.79 bits per heavy atom. The Hall–Kier alpha value is -2.66. The first kappa shape index (κ1) is 19.4. The van der Waals surface area contributed by atoms with E-state index in [0.29, 0.717) is 5.56 Å². The standard InChI is InChI=1S/C13H16N2O8S/c1-8(16)15-11(13(19)14-7-12(17)18)6-9-2-4-10(5-3-9)23-24(20,21)22/h2-5,11H,6-7H2,1H3,(H,14,19)(H,15,16)(H,17,18)(H,20,21,22)/t11-/m0/s1. The van der Waals surface area contributed by atoms with Crippen LogP contribution in [0.25, 0.3) is 0 Å². The van der Waals surface area contributed by atoms with Gasteiger partial charge in [-0.3, -0.25) is 18.9 Å². The molecule has 1 atom stereocenters. The van der Waals surface area contributed by atoms with Gasteiger partial charge in [-0.2, -0.15) is 8.42 Å². The van der Waals surface area contributed by atoms with Crippen LogP contribution in [0.4, 0.5) is 0 Å². The van der Waals surface area contributed by atoms with Crippen molar-refractivity contribution in [2.45, 2.75) is 19.4 Å². The maximum Gasteiger partial charge on any atom is 0.446 e. The second-order valence-corrected chi connectivity index (χ2v) is 5.75. The summed E-state index contributed by atoms with van der Waals surface area (Å²) in [5.41, 5.74) is 0.543. The van der Waals surface area contributed by atoms with Gasteiger partial charge in [0.25, 0.3) is 0 Å². The molecule has 132 valence electrons. The van der Waals surface area contributed by atoms with Crippen molar-refractivity contribution in [2.75, 3.05) is 6.54 Å². The number of rotatable bonds is 8. The molecule has 0 bridgehead atoms. The summed E-state index contributed by atoms with van der Waals surface area (Å²) in [5.74, 6) is -2.51. The number of hydrogen-bond acceptors (Lipinski definition) is 6. The number of carboxylic acids is 1. The lowest BCUT2D eigenvalue weighted by Crippen LogP contribution is -2.48. The fourth-order valence-electron chi connectivity index (χ4n) is 1.78. The van der Waals surface area contributed by atoms with E-state index in [1.54, 1.807) is 0 Å². The average Bonchev–Trinajstić information content (AvgIpc) is 2.44. The molecule has 1 aromatic carbocycles. The van der Waals surface area contributed by atoms with Crippen molar-refractivity contribution in [3.63, 3.8) is 0 Å². The van der Waals surface area contributed by atoms with Crippen molar-refractivity contribution in [1.29, 1.82) is 0 Å². The summed E-state index contributed by atoms with van der Waals surface area (Å²) in [4.78, 5) is 33.6. The van der Waals surface area contributed by atoms with Crippen molar-refractivity contribution in [2.24, 2.45) is 0 Å². The van der Waals surface area contributed by atoms with Crippen LogP contribution in [0.5, 0.6) is 5.75 Å². The van der Waals surface area contributed by atoms with Crippen molar-refractivity contribution in [1.82, 2.24) is 10.6 Å². The van der Waals surface area contributed by atoms with Gasteiger partial charge in [0.2, 0.25) is 11.8 Å². The molecule has 2 amide bonds. The average molecular weight is 360 g/mol. The lowest BCUT2D eigenvalue weighted by Gasteiger charge is -2.17. The molecule has 0 aliphatic carbocycles. The Morgan fingerprint density at radius 1 is 1.21 bits per heavy atom. The van der Waals surface area contributed by atoms with E-state index in [0.717, 1.165) is 0 Å². The second-order valence-electron chi connectivity index (χ2n) is 4.72. The minimum atomic E-state index is -4.63. The van der Waals surface area contributed by atoms with Crippen LogP contribution in [-0.2, 0) is 31.2 Å². The van der Waals surface area contributed by atoms with Crippen molar-refractivity contribution in [3.05, 3.63) is 29.8 Å². The fourth-order valence-corrected chi connectivity index (χ4v) is 2.13. The van der Waals surface area contributed by atoms with Gasteiger partial charge in [-0.1, -0.05) is 12.1 Å². The fraction of sp³-hybridized carbons (Fsp3) is 0.308. The molecule has 1 rings (SSSR count). The highest BCUT2D eigenvalue weighted by atomic mass is 32.3. The molecule has 0 aliphatic rings. The van der Waals surface area contributed by atoms with Gasteiger partial charge in [-0.25, -0.2) is 0 Å². The zero-order valence-corrected chi connectivity index (χ0v) is 13.4. The highest BCUT2D eigenvalue weighted by Crippen LogP contribution is 2.15. The monoisotopic (exact) mass is 360 g/mol. The van der Waals surface area contributed by atoms with E-state index in [-0.39, 0.29) is 12.2 Å². The predicted molar refractivity (Wildman–Crippen MR) is 80.6 cm³/mol. The SMILES string of the molecule is CC(=O)N[C@@H](Cc1ccc(OS(=O)(=O)O)cc1)C(=O)NCC(=O)O. The van der Waals surface area contributed by atoms with Gasteiger partial charge in [-0.05, 0) is 17.7 Å². The lowest BCUT2D eigenvalue weighted by atomic mass is 10.0. The number of benzene rings is 1. The van der Waals surface area contributed by atoms with E-state index in [1.165, 1.54) is 31.2 Å². The van der Waals surface area contributed by atoms with Gasteiger partial charge < -0.3 is 19.9 Å². The van der Waals surface area contributed by atoms with Crippen molar-refractivity contribution in [3.8, 4) is 5.75 Å². The zero-order valence-electron chi connectivity index (χ0n) is 12.6. The van der Waals surface area contributed by atoms with Crippen LogP contribution in [0.2, 0.25) is 0 Å². The van der Waals surface area contributed by atoms with Crippen LogP contribution in [0.15, 0.2) is 24.3 Å². The highest BCUT2D eigenvalue weighted by Gasteiger charge is 2.20. The summed E-state index contributed by atoms with van der Waals surface area (Å²) in [7, 11) is -4.63. The van der Waals surface area contributed by atoms with Gasteiger partial charge in [0.1, 0.15) is 18.3 Å². The molecule has 0 heterocycles. The Labute approximate surface area is 137 Å². The quantitative estimate of drug-likeness (QED) is 0.435. The molecule has 0 aliphatic heterocycles. The third-order valence-electron chi connectivity index (χ3n) is 2.67. The van der Waals surface area contributed by atoms with E-state index in [2.05, 4.69) is 14.8 Å². The second kappa shape index (κ2) is 8.26. The van der Waals surface area contributed by atoms with Crippen molar-refractivity contribution < 1.29 is 36.6 Å². The molecule has 0 aromatic heterocycles. The van der Waals surface area contributed by atoms with Gasteiger partial charge in [0.05, 0.1) is 0 Å². The molecule has 0 fully saturated rings. The molecule has 0 spiro atoms. The number of hydrogen-bond donors (Lipinski definition) is 4. The van der Waals surface area contributed by atoms with E-state index in [9.17, 15) is 22.8 Å². The molecule has 24 heavy (non-hydrogen) atoms. The van der Waals surface area contributed by atoms with Crippen LogP contribution in [0, 0.1) is 0 Å². The minimum Gasteiger partial charge on any atom is -0.480 e. The molecular weight excluding hydrogens is 344 g/mol. The summed E-state index contributed by atoms with van der Waals surface area (Å²) < 4.78 is 34.0. The molecule has 0 radical (unpaired) electrons. The lowest BCUT2D eigenvalue weighted by molar-refractivity contribution is -0.138. The van der Waals surface area contributed by atoms with Crippen LogP contribution >= 0.6 is 0 Å². The third kappa shape index (κ3) is 7.56. The smallest absolute Gasteiger partial charge is 0.446 e. The number of nitrogens with one attached hydrogen (secondary N) is 2. The van der Waals surface area contributed by atoms with Crippen LogP contribution in [-0.4, -0.2) is 48.4 Å². The van der Waals surface area contributed by atoms with E-state index >= 15 is 0 Å². The Balaban J connectivity index is 2.80. The molecule has 1 aromatic rings. The van der Waals surface area contributed by atoms with Crippen LogP contribution in [0.1, 0.15) is 12.5 Å². The molecule has 11 heteroatoms. The summed E-state index contributed by atoms with van der Waals surface area (Å²) in [6.45, 7) is 0.622. The normalized spacial score (nSPS) is 12.1. The van der Waals surface area contributed by atoms with Crippen LogP contribution in [0.3, 0.4) is 0 Å². The maximum absolute atomic E-state index is 11.9. The van der Waals surface area contributed by atoms with E-state index < -0.39 is 40.8 Å². The summed E-state index contributed by atoms with van der Waals surface area (Å²) >= 11 is 0. The number of amides is 2. The van der Waals surface area contributed by atoms with Crippen molar-refractivity contribution >= 4 is 28.2 Å². The zero-order chi connectivity index (χ0) is 18.3. The molecule has 10 nitrogen and oxygen atoms in total. The topological polar surface area (TPSA) is 159 Å². The first-order valence-corrected chi connectivity index (χ1v) is 7.96. The number of aliphatic carboxylic acids is 1. The first-order valence-electron chi connectivity index (χ1n) is 6.59. The van der Waals surface area contributed by atoms with E-state index in [1.807, 2.05) is 0 Å². The third-order valence-corrected chi connectivity index (χ3v) is 3.08. The van der Waals surface area contributed by atoms with Gasteiger partial charge >= 0.3 is 16.4 Å². The van der Waals surface area contributed by atoms with Gasteiger partial charge in [-0.15, -0.1) is 0 Å². The van der Waals surface area contributed by atoms with E-state index in [4.69, 9.17) is 9.66 Å². The van der Waals surface area contributed by atoms with Gasteiger partial charge in [0.15, 0.2) is 0 Å². The minimum absolute atomic E-state index is 0.0389. The maximum atomic E-state index is 11.9. The molecule has 4 N–H and O–H groups in total. The Bertz CT molecular complexity index is 714. The molecule has 0 saturated heterocycles. The molecule has 0 saturated carbocycles. The van der Waals surface area contributed by atoms with Crippen LogP contribution < -0.4 is 14.8 Å². The number of carboxylic acid groups (broad SMARTS) is 1. The summed E-state index contributed by atoms with van der Waals surface area (Å²) in [5, 5.41) is 13.1.